The number of ether oxygens (including phenoxy) is 1. The summed E-state index contributed by atoms with van der Waals surface area (Å²) >= 11 is 0. The maximum absolute atomic E-state index is 12.9. The molecule has 1 saturated heterocycles. The van der Waals surface area contributed by atoms with Crippen LogP contribution >= 0.6 is 0 Å². The normalized spacial score (nSPS) is 18.8. The van der Waals surface area contributed by atoms with Crippen LogP contribution in [-0.4, -0.2) is 46.5 Å². The van der Waals surface area contributed by atoms with Crippen molar-refractivity contribution in [1.82, 2.24) is 15.1 Å². The highest BCUT2D eigenvalue weighted by atomic mass is 16.5. The van der Waals surface area contributed by atoms with Gasteiger partial charge in [0.05, 0.1) is 16.8 Å². The van der Waals surface area contributed by atoms with Gasteiger partial charge in [0.25, 0.3) is 5.91 Å². The number of amides is 1. The molecule has 1 aromatic heterocycles. The Morgan fingerprint density at radius 1 is 1.22 bits per heavy atom. The van der Waals surface area contributed by atoms with Crippen molar-refractivity contribution in [2.24, 2.45) is 5.41 Å². The van der Waals surface area contributed by atoms with Crippen LogP contribution < -0.4 is 5.32 Å². The number of benzene rings is 1. The van der Waals surface area contributed by atoms with Crippen molar-refractivity contribution in [3.63, 3.8) is 0 Å². The third-order valence-corrected chi connectivity index (χ3v) is 5.45. The number of para-hydroxylation sites is 1. The Kier molecular flexibility index (Phi) is 4.70. The fraction of sp³-hybridized carbons (Fsp3) is 0.450. The fourth-order valence-corrected chi connectivity index (χ4v) is 3.47. The molecule has 0 spiro atoms. The Balaban J connectivity index is 1.57. The van der Waals surface area contributed by atoms with Crippen LogP contribution in [0.25, 0.3) is 5.69 Å². The number of nitrogens with one attached hydrogen (secondary N) is 1. The lowest BCUT2D eigenvalue weighted by molar-refractivity contribution is -0.154. The van der Waals surface area contributed by atoms with Gasteiger partial charge in [0.1, 0.15) is 5.69 Å². The van der Waals surface area contributed by atoms with Crippen molar-refractivity contribution in [2.45, 2.75) is 31.6 Å². The van der Waals surface area contributed by atoms with Gasteiger partial charge in [-0.1, -0.05) is 18.2 Å². The molecule has 7 heteroatoms. The molecule has 1 aliphatic carbocycles. The molecular weight excluding hydrogens is 346 g/mol. The zero-order valence-electron chi connectivity index (χ0n) is 15.1. The van der Waals surface area contributed by atoms with Gasteiger partial charge in [0.15, 0.2) is 0 Å². The van der Waals surface area contributed by atoms with Gasteiger partial charge in [0, 0.05) is 25.7 Å². The first-order chi connectivity index (χ1) is 13.1. The highest BCUT2D eigenvalue weighted by molar-refractivity contribution is 5.93. The molecular formula is C20H23N3O4. The zero-order chi connectivity index (χ0) is 18.9. The largest absolute Gasteiger partial charge is 0.481 e. The summed E-state index contributed by atoms with van der Waals surface area (Å²) in [5.41, 5.74) is 1.21. The molecule has 27 heavy (non-hydrogen) atoms. The van der Waals surface area contributed by atoms with Crippen molar-refractivity contribution in [3.8, 4) is 5.69 Å². The van der Waals surface area contributed by atoms with Crippen molar-refractivity contribution >= 4 is 11.9 Å². The summed E-state index contributed by atoms with van der Waals surface area (Å²) in [6.07, 6.45) is 2.98. The lowest BCUT2D eigenvalue weighted by Crippen LogP contribution is -2.46. The molecule has 2 N–H and O–H groups in total. The lowest BCUT2D eigenvalue weighted by Gasteiger charge is -2.33. The zero-order valence-corrected chi connectivity index (χ0v) is 15.1. The van der Waals surface area contributed by atoms with Crippen molar-refractivity contribution in [1.29, 1.82) is 0 Å². The van der Waals surface area contributed by atoms with Crippen LogP contribution in [0.15, 0.2) is 36.4 Å². The quantitative estimate of drug-likeness (QED) is 0.815. The number of hydrogen-bond donors (Lipinski definition) is 2. The average Bonchev–Trinajstić information content (AvgIpc) is 3.46. The topological polar surface area (TPSA) is 93.5 Å². The predicted molar refractivity (Wildman–Crippen MR) is 98.0 cm³/mol. The molecule has 2 aliphatic rings. The molecule has 1 aromatic carbocycles. The van der Waals surface area contributed by atoms with Gasteiger partial charge in [-0.15, -0.1) is 0 Å². The van der Waals surface area contributed by atoms with Crippen LogP contribution in [0.2, 0.25) is 0 Å². The number of aromatic nitrogens is 2. The highest BCUT2D eigenvalue weighted by Gasteiger charge is 2.40. The van der Waals surface area contributed by atoms with E-state index in [1.165, 1.54) is 0 Å². The second-order valence-electron chi connectivity index (χ2n) is 7.36. The van der Waals surface area contributed by atoms with Gasteiger partial charge >= 0.3 is 5.97 Å². The van der Waals surface area contributed by atoms with Gasteiger partial charge in [-0.05, 0) is 43.9 Å². The van der Waals surface area contributed by atoms with E-state index in [0.29, 0.717) is 37.7 Å². The van der Waals surface area contributed by atoms with E-state index in [4.69, 9.17) is 4.74 Å². The summed E-state index contributed by atoms with van der Waals surface area (Å²) in [6.45, 7) is 0.884. The monoisotopic (exact) mass is 369 g/mol. The SMILES string of the molecule is O=C(NCC1(C(=O)O)CCOCC1)c1cc(C2CC2)nn1-c1ccccc1. The smallest absolute Gasteiger partial charge is 0.311 e. The molecule has 0 atom stereocenters. The molecule has 1 amide bonds. The number of aliphatic carboxylic acids is 1. The number of nitrogens with zero attached hydrogens (tertiary/aromatic N) is 2. The second kappa shape index (κ2) is 7.15. The van der Waals surface area contributed by atoms with Crippen LogP contribution in [0.1, 0.15) is 47.8 Å². The molecule has 0 radical (unpaired) electrons. The van der Waals surface area contributed by atoms with E-state index < -0.39 is 11.4 Å². The molecule has 7 nitrogen and oxygen atoms in total. The second-order valence-corrected chi connectivity index (χ2v) is 7.36. The number of carbonyl (C=O) groups excluding carboxylic acids is 1. The Morgan fingerprint density at radius 3 is 2.56 bits per heavy atom. The Hall–Kier alpha value is -2.67. The maximum atomic E-state index is 12.9. The van der Waals surface area contributed by atoms with Crippen LogP contribution in [0.5, 0.6) is 0 Å². The van der Waals surface area contributed by atoms with Crippen LogP contribution in [0.3, 0.4) is 0 Å². The highest BCUT2D eigenvalue weighted by Crippen LogP contribution is 2.39. The molecule has 0 unspecified atom stereocenters. The summed E-state index contributed by atoms with van der Waals surface area (Å²) < 4.78 is 6.94. The van der Waals surface area contributed by atoms with E-state index in [-0.39, 0.29) is 12.5 Å². The molecule has 1 aliphatic heterocycles. The van der Waals surface area contributed by atoms with E-state index >= 15 is 0 Å². The lowest BCUT2D eigenvalue weighted by atomic mass is 9.80. The third kappa shape index (κ3) is 3.60. The molecule has 1 saturated carbocycles. The first-order valence-corrected chi connectivity index (χ1v) is 9.34. The Morgan fingerprint density at radius 2 is 1.93 bits per heavy atom. The molecule has 2 heterocycles. The number of carboxylic acids is 1. The number of rotatable bonds is 6. The van der Waals surface area contributed by atoms with E-state index in [9.17, 15) is 14.7 Å². The van der Waals surface area contributed by atoms with E-state index in [0.717, 1.165) is 24.2 Å². The predicted octanol–water partition coefficient (Wildman–Crippen LogP) is 2.36. The molecule has 2 fully saturated rings. The van der Waals surface area contributed by atoms with Crippen molar-refractivity contribution in [2.75, 3.05) is 19.8 Å². The van der Waals surface area contributed by atoms with E-state index in [2.05, 4.69) is 10.4 Å². The van der Waals surface area contributed by atoms with Gasteiger partial charge in [-0.2, -0.15) is 5.10 Å². The van der Waals surface area contributed by atoms with Gasteiger partial charge in [-0.25, -0.2) is 4.68 Å². The first kappa shape index (κ1) is 17.7. The van der Waals surface area contributed by atoms with E-state index in [1.807, 2.05) is 36.4 Å². The molecule has 4 rings (SSSR count). The van der Waals surface area contributed by atoms with Crippen LogP contribution in [-0.2, 0) is 9.53 Å². The minimum absolute atomic E-state index is 0.0866. The van der Waals surface area contributed by atoms with Crippen molar-refractivity contribution in [3.05, 3.63) is 47.8 Å². The van der Waals surface area contributed by atoms with Gasteiger partial charge in [-0.3, -0.25) is 9.59 Å². The van der Waals surface area contributed by atoms with Crippen LogP contribution in [0, 0.1) is 5.41 Å². The summed E-state index contributed by atoms with van der Waals surface area (Å²) in [5.74, 6) is -0.769. The summed E-state index contributed by atoms with van der Waals surface area (Å²) in [7, 11) is 0. The summed E-state index contributed by atoms with van der Waals surface area (Å²) in [4.78, 5) is 24.7. The summed E-state index contributed by atoms with van der Waals surface area (Å²) in [5, 5.41) is 17.1. The number of carboxylic acid groups (broad SMARTS) is 1. The minimum Gasteiger partial charge on any atom is -0.481 e. The molecule has 142 valence electrons. The standard InChI is InChI=1S/C20H23N3O4/c24-18(21-13-20(19(25)26)8-10-27-11-9-20)17-12-16(14-6-7-14)22-23(17)15-4-2-1-3-5-15/h1-5,12,14H,6-11,13H2,(H,21,24)(H,25,26). The van der Waals surface area contributed by atoms with Gasteiger partial charge in [0.2, 0.25) is 0 Å². The maximum Gasteiger partial charge on any atom is 0.311 e. The Bertz CT molecular complexity index is 836. The third-order valence-electron chi connectivity index (χ3n) is 5.45. The first-order valence-electron chi connectivity index (χ1n) is 9.34. The number of carbonyl (C=O) groups is 2. The fourth-order valence-electron chi connectivity index (χ4n) is 3.47. The minimum atomic E-state index is -0.967. The number of hydrogen-bond acceptors (Lipinski definition) is 4. The van der Waals surface area contributed by atoms with Crippen LogP contribution in [0.4, 0.5) is 0 Å². The summed E-state index contributed by atoms with van der Waals surface area (Å²) in [6, 6.07) is 11.3. The average molecular weight is 369 g/mol. The van der Waals surface area contributed by atoms with Crippen molar-refractivity contribution < 1.29 is 19.4 Å². The van der Waals surface area contributed by atoms with Gasteiger partial charge < -0.3 is 15.2 Å². The molecule has 2 aromatic rings. The van der Waals surface area contributed by atoms with E-state index in [1.54, 1.807) is 4.68 Å². The molecule has 0 bridgehead atoms. The Labute approximate surface area is 157 Å².